The summed E-state index contributed by atoms with van der Waals surface area (Å²) in [5.74, 6) is 1.63. The summed E-state index contributed by atoms with van der Waals surface area (Å²) in [5, 5.41) is 15.7. The van der Waals surface area contributed by atoms with Crippen LogP contribution in [-0.4, -0.2) is 40.2 Å². The number of amides is 1. The van der Waals surface area contributed by atoms with Crippen LogP contribution in [0.5, 0.6) is 11.5 Å². The Bertz CT molecular complexity index is 1200. The number of ether oxygens (including phenoxy) is 2. The Morgan fingerprint density at radius 2 is 1.82 bits per heavy atom. The van der Waals surface area contributed by atoms with Gasteiger partial charge in [0.1, 0.15) is 29.8 Å². The van der Waals surface area contributed by atoms with E-state index < -0.39 is 5.91 Å². The molecule has 2 aliphatic rings. The fourth-order valence-electron chi connectivity index (χ4n) is 3.56. The van der Waals surface area contributed by atoms with Crippen LogP contribution in [0, 0.1) is 25.2 Å². The van der Waals surface area contributed by atoms with Crippen molar-refractivity contribution in [2.75, 3.05) is 13.2 Å². The zero-order valence-corrected chi connectivity index (χ0v) is 20.6. The number of hydrazone groups is 1. The molecule has 2 aromatic carbocycles. The molecule has 0 bridgehead atoms. The molecule has 8 heteroatoms. The molecule has 7 nitrogen and oxygen atoms in total. The van der Waals surface area contributed by atoms with Crippen molar-refractivity contribution in [2.45, 2.75) is 34.1 Å². The SMILES string of the molecule is Cc1ccc(OCCOc2ccc(/C=C3/C(=N)N4N=C(CC(C)C)SC4=NC3=O)cc2)c(C)c1. The van der Waals surface area contributed by atoms with Crippen LogP contribution < -0.4 is 9.47 Å². The van der Waals surface area contributed by atoms with Crippen molar-refractivity contribution in [1.29, 1.82) is 5.41 Å². The highest BCUT2D eigenvalue weighted by Gasteiger charge is 2.35. The Morgan fingerprint density at radius 3 is 2.53 bits per heavy atom. The molecule has 0 saturated heterocycles. The zero-order valence-electron chi connectivity index (χ0n) is 19.8. The largest absolute Gasteiger partial charge is 0.490 e. The van der Waals surface area contributed by atoms with Gasteiger partial charge in [-0.2, -0.15) is 15.1 Å². The van der Waals surface area contributed by atoms with Crippen molar-refractivity contribution in [3.8, 4) is 11.5 Å². The maximum atomic E-state index is 12.6. The van der Waals surface area contributed by atoms with E-state index >= 15 is 0 Å². The van der Waals surface area contributed by atoms with Gasteiger partial charge in [0, 0.05) is 6.42 Å². The third kappa shape index (κ3) is 5.56. The van der Waals surface area contributed by atoms with Gasteiger partial charge in [-0.05, 0) is 66.9 Å². The Balaban J connectivity index is 1.35. The lowest BCUT2D eigenvalue weighted by Gasteiger charge is -2.20. The molecule has 0 spiro atoms. The smallest absolute Gasteiger partial charge is 0.283 e. The topological polar surface area (TPSA) is 87.3 Å². The second-order valence-electron chi connectivity index (χ2n) is 8.65. The Kier molecular flexibility index (Phi) is 7.17. The standard InChI is InChI=1S/C26H28N4O3S/c1-16(2)13-23-29-30-24(27)21(25(31)28-26(30)34-23)15-19-6-8-20(9-7-19)32-11-12-33-22-10-5-17(3)14-18(22)4/h5-10,14-16,27H,11-13H2,1-4H3/b21-15-,27-24?. The van der Waals surface area contributed by atoms with Crippen molar-refractivity contribution >= 4 is 39.8 Å². The van der Waals surface area contributed by atoms with Crippen LogP contribution in [0.3, 0.4) is 0 Å². The minimum absolute atomic E-state index is 0.0464. The van der Waals surface area contributed by atoms with Gasteiger partial charge in [-0.3, -0.25) is 10.2 Å². The van der Waals surface area contributed by atoms with Crippen LogP contribution in [0.2, 0.25) is 0 Å². The summed E-state index contributed by atoms with van der Waals surface area (Å²) in [6, 6.07) is 13.4. The number of amidine groups is 2. The Labute approximate surface area is 204 Å². The van der Waals surface area contributed by atoms with E-state index in [-0.39, 0.29) is 11.4 Å². The number of thioether (sulfide) groups is 1. The van der Waals surface area contributed by atoms with Crippen LogP contribution >= 0.6 is 11.8 Å². The normalized spacial score (nSPS) is 16.6. The highest BCUT2D eigenvalue weighted by atomic mass is 32.2. The Hall–Kier alpha value is -3.39. The average Bonchev–Trinajstić information content (AvgIpc) is 3.18. The summed E-state index contributed by atoms with van der Waals surface area (Å²) in [4.78, 5) is 16.7. The molecule has 1 N–H and O–H groups in total. The van der Waals surface area contributed by atoms with Crippen LogP contribution in [0.4, 0.5) is 0 Å². The number of rotatable bonds is 8. The van der Waals surface area contributed by atoms with Gasteiger partial charge in [0.15, 0.2) is 5.84 Å². The molecule has 2 aromatic rings. The number of fused-ring (bicyclic) bond motifs is 1. The van der Waals surface area contributed by atoms with Gasteiger partial charge in [0.25, 0.3) is 5.91 Å². The Morgan fingerprint density at radius 1 is 1.09 bits per heavy atom. The number of nitrogens with one attached hydrogen (secondary N) is 1. The monoisotopic (exact) mass is 476 g/mol. The molecule has 0 aromatic heterocycles. The second-order valence-corrected chi connectivity index (χ2v) is 9.69. The minimum atomic E-state index is -0.423. The first-order valence-corrected chi connectivity index (χ1v) is 12.0. The molecule has 176 valence electrons. The summed E-state index contributed by atoms with van der Waals surface area (Å²) in [5.41, 5.74) is 3.31. The third-order valence-corrected chi connectivity index (χ3v) is 6.14. The van der Waals surface area contributed by atoms with Gasteiger partial charge in [0.05, 0.1) is 5.57 Å². The lowest BCUT2D eigenvalue weighted by Crippen LogP contribution is -2.35. The third-order valence-electron chi connectivity index (χ3n) is 5.21. The summed E-state index contributed by atoms with van der Waals surface area (Å²) < 4.78 is 11.6. The molecule has 0 fully saturated rings. The molecule has 34 heavy (non-hydrogen) atoms. The van der Waals surface area contributed by atoms with E-state index in [1.165, 1.54) is 22.3 Å². The number of hydrogen-bond donors (Lipinski definition) is 1. The van der Waals surface area contributed by atoms with E-state index in [0.29, 0.717) is 30.0 Å². The van der Waals surface area contributed by atoms with Crippen LogP contribution in [0.1, 0.15) is 37.0 Å². The molecule has 0 unspecified atom stereocenters. The van der Waals surface area contributed by atoms with Gasteiger partial charge < -0.3 is 9.47 Å². The molecule has 1 amide bonds. The van der Waals surface area contributed by atoms with E-state index in [9.17, 15) is 4.79 Å². The minimum Gasteiger partial charge on any atom is -0.490 e. The summed E-state index contributed by atoms with van der Waals surface area (Å²) in [7, 11) is 0. The number of aliphatic imine (C=N–C) groups is 1. The van der Waals surface area contributed by atoms with Gasteiger partial charge >= 0.3 is 0 Å². The van der Waals surface area contributed by atoms with Gasteiger partial charge in [-0.1, -0.05) is 43.7 Å². The van der Waals surface area contributed by atoms with Crippen LogP contribution in [0.25, 0.3) is 6.08 Å². The van der Waals surface area contributed by atoms with Gasteiger partial charge in [-0.15, -0.1) is 0 Å². The van der Waals surface area contributed by atoms with Crippen molar-refractivity contribution in [2.24, 2.45) is 16.0 Å². The van der Waals surface area contributed by atoms with E-state index in [2.05, 4.69) is 36.9 Å². The summed E-state index contributed by atoms with van der Waals surface area (Å²) in [6.07, 6.45) is 2.45. The number of nitrogens with zero attached hydrogens (tertiary/aromatic N) is 3. The highest BCUT2D eigenvalue weighted by Crippen LogP contribution is 2.30. The average molecular weight is 477 g/mol. The second kappa shape index (κ2) is 10.3. The van der Waals surface area contributed by atoms with Crippen molar-refractivity contribution < 1.29 is 14.3 Å². The van der Waals surface area contributed by atoms with Crippen molar-refractivity contribution in [3.05, 3.63) is 64.7 Å². The number of carbonyl (C=O) groups excluding carboxylic acids is 1. The molecular weight excluding hydrogens is 448 g/mol. The molecule has 0 radical (unpaired) electrons. The molecule has 2 heterocycles. The van der Waals surface area contributed by atoms with E-state index in [4.69, 9.17) is 14.9 Å². The van der Waals surface area contributed by atoms with Crippen molar-refractivity contribution in [1.82, 2.24) is 5.01 Å². The van der Waals surface area contributed by atoms with E-state index in [0.717, 1.165) is 28.3 Å². The fourth-order valence-corrected chi connectivity index (χ4v) is 4.66. The summed E-state index contributed by atoms with van der Waals surface area (Å²) >= 11 is 1.36. The predicted molar refractivity (Wildman–Crippen MR) is 138 cm³/mol. The highest BCUT2D eigenvalue weighted by molar-refractivity contribution is 8.26. The van der Waals surface area contributed by atoms with Gasteiger partial charge in [0.2, 0.25) is 5.17 Å². The summed E-state index contributed by atoms with van der Waals surface area (Å²) in [6.45, 7) is 9.15. The fraction of sp³-hybridized carbons (Fsp3) is 0.308. The number of hydrogen-bond acceptors (Lipinski definition) is 6. The molecule has 0 saturated carbocycles. The molecule has 2 aliphatic heterocycles. The maximum absolute atomic E-state index is 12.6. The van der Waals surface area contributed by atoms with Crippen LogP contribution in [-0.2, 0) is 4.79 Å². The first-order chi connectivity index (χ1) is 16.3. The number of aryl methyl sites for hydroxylation is 2. The van der Waals surface area contributed by atoms with E-state index in [1.54, 1.807) is 6.08 Å². The molecular formula is C26H28N4O3S. The lowest BCUT2D eigenvalue weighted by molar-refractivity contribution is -0.114. The van der Waals surface area contributed by atoms with E-state index in [1.807, 2.05) is 43.3 Å². The van der Waals surface area contributed by atoms with Crippen molar-refractivity contribution in [3.63, 3.8) is 0 Å². The maximum Gasteiger partial charge on any atom is 0.283 e. The van der Waals surface area contributed by atoms with Gasteiger partial charge in [-0.25, -0.2) is 0 Å². The van der Waals surface area contributed by atoms with Crippen LogP contribution in [0.15, 0.2) is 58.1 Å². The molecule has 0 aliphatic carbocycles. The number of carbonyl (C=O) groups is 1. The lowest BCUT2D eigenvalue weighted by atomic mass is 10.1. The number of benzene rings is 2. The first-order valence-electron chi connectivity index (χ1n) is 11.2. The quantitative estimate of drug-likeness (QED) is 0.406. The zero-order chi connectivity index (χ0) is 24.2. The first kappa shape index (κ1) is 23.8. The molecule has 0 atom stereocenters. The predicted octanol–water partition coefficient (Wildman–Crippen LogP) is 5.43. The molecule has 4 rings (SSSR count).